The first kappa shape index (κ1) is 11.3. The predicted molar refractivity (Wildman–Crippen MR) is 66.9 cm³/mol. The second-order valence-corrected chi connectivity index (χ2v) is 4.11. The molecule has 0 saturated carbocycles. The smallest absolute Gasteiger partial charge is 0.259 e. The van der Waals surface area contributed by atoms with Gasteiger partial charge in [0, 0.05) is 5.57 Å². The van der Waals surface area contributed by atoms with Gasteiger partial charge in [-0.25, -0.2) is 0 Å². The molecule has 0 unspecified atom stereocenters. The minimum absolute atomic E-state index is 0.318. The fourth-order valence-corrected chi connectivity index (χ4v) is 1.94. The largest absolute Gasteiger partial charge is 0.288 e. The van der Waals surface area contributed by atoms with E-state index in [0.717, 1.165) is 16.7 Å². The number of allylic oxidation sites excluding steroid dienone is 1. The molecule has 3 nitrogen and oxygen atoms in total. The van der Waals surface area contributed by atoms with E-state index in [4.69, 9.17) is 0 Å². The van der Waals surface area contributed by atoms with Gasteiger partial charge in [0.05, 0.1) is 5.57 Å². The lowest BCUT2D eigenvalue weighted by molar-refractivity contribution is -0.123. The first-order chi connectivity index (χ1) is 8.02. The Morgan fingerprint density at radius 3 is 2.35 bits per heavy atom. The summed E-state index contributed by atoms with van der Waals surface area (Å²) in [6.07, 6.45) is 0. The lowest BCUT2D eigenvalue weighted by atomic mass is 9.94. The molecule has 1 heterocycles. The third-order valence-corrected chi connectivity index (χ3v) is 2.83. The molecular formula is C14H13NO2. The topological polar surface area (TPSA) is 46.2 Å². The molecule has 1 aliphatic rings. The van der Waals surface area contributed by atoms with Crippen LogP contribution in [0.2, 0.25) is 0 Å². The zero-order valence-corrected chi connectivity index (χ0v) is 9.83. The van der Waals surface area contributed by atoms with Gasteiger partial charge in [-0.15, -0.1) is 0 Å². The van der Waals surface area contributed by atoms with Crippen LogP contribution >= 0.6 is 0 Å². The number of hydrogen-bond acceptors (Lipinski definition) is 2. The molecule has 0 aliphatic carbocycles. The van der Waals surface area contributed by atoms with E-state index in [1.807, 2.05) is 31.2 Å². The Kier molecular flexibility index (Phi) is 2.68. The monoisotopic (exact) mass is 227 g/mol. The summed E-state index contributed by atoms with van der Waals surface area (Å²) in [4.78, 5) is 23.2. The van der Waals surface area contributed by atoms with Crippen molar-refractivity contribution in [1.29, 1.82) is 0 Å². The van der Waals surface area contributed by atoms with Gasteiger partial charge in [-0.1, -0.05) is 36.4 Å². The van der Waals surface area contributed by atoms with Gasteiger partial charge in [0.1, 0.15) is 0 Å². The van der Waals surface area contributed by atoms with Crippen molar-refractivity contribution in [2.24, 2.45) is 0 Å². The first-order valence-electron chi connectivity index (χ1n) is 5.34. The molecule has 1 aromatic rings. The summed E-state index contributed by atoms with van der Waals surface area (Å²) in [5, 5.41) is 2.30. The van der Waals surface area contributed by atoms with E-state index < -0.39 is 0 Å². The van der Waals surface area contributed by atoms with Crippen molar-refractivity contribution in [3.63, 3.8) is 0 Å². The Morgan fingerprint density at radius 2 is 1.82 bits per heavy atom. The van der Waals surface area contributed by atoms with Crippen molar-refractivity contribution in [1.82, 2.24) is 5.32 Å². The second-order valence-electron chi connectivity index (χ2n) is 4.11. The summed E-state index contributed by atoms with van der Waals surface area (Å²) < 4.78 is 0. The zero-order chi connectivity index (χ0) is 12.6. The van der Waals surface area contributed by atoms with Crippen LogP contribution in [0.1, 0.15) is 25.0 Å². The van der Waals surface area contributed by atoms with Gasteiger partial charge in [0.15, 0.2) is 0 Å². The third kappa shape index (κ3) is 1.80. The van der Waals surface area contributed by atoms with Crippen molar-refractivity contribution in [3.05, 3.63) is 47.5 Å². The maximum atomic E-state index is 11.8. The molecule has 0 atom stereocenters. The van der Waals surface area contributed by atoms with E-state index in [9.17, 15) is 9.59 Å². The Hall–Kier alpha value is -2.16. The van der Waals surface area contributed by atoms with Crippen molar-refractivity contribution < 1.29 is 9.59 Å². The Morgan fingerprint density at radius 1 is 1.18 bits per heavy atom. The molecule has 3 heteroatoms. The molecule has 0 saturated heterocycles. The molecule has 17 heavy (non-hydrogen) atoms. The van der Waals surface area contributed by atoms with Crippen molar-refractivity contribution in [2.45, 2.75) is 13.8 Å². The quantitative estimate of drug-likeness (QED) is 0.787. The van der Waals surface area contributed by atoms with Crippen LogP contribution in [0.5, 0.6) is 0 Å². The average molecular weight is 227 g/mol. The number of imide groups is 1. The molecule has 2 rings (SSSR count). The highest BCUT2D eigenvalue weighted by molar-refractivity contribution is 6.36. The van der Waals surface area contributed by atoms with Crippen LogP contribution in [0.25, 0.3) is 11.1 Å². The van der Waals surface area contributed by atoms with E-state index in [1.54, 1.807) is 6.92 Å². The van der Waals surface area contributed by atoms with E-state index in [2.05, 4.69) is 11.9 Å². The zero-order valence-electron chi connectivity index (χ0n) is 9.83. The summed E-state index contributed by atoms with van der Waals surface area (Å²) in [5.74, 6) is -0.650. The molecule has 0 bridgehead atoms. The normalized spacial score (nSPS) is 15.2. The van der Waals surface area contributed by atoms with Crippen LogP contribution < -0.4 is 5.32 Å². The summed E-state index contributed by atoms with van der Waals surface area (Å²) in [7, 11) is 0. The van der Waals surface area contributed by atoms with Crippen molar-refractivity contribution in [2.75, 3.05) is 0 Å². The average Bonchev–Trinajstić information content (AvgIpc) is 2.53. The molecule has 86 valence electrons. The molecule has 2 amide bonds. The van der Waals surface area contributed by atoms with Gasteiger partial charge in [-0.05, 0) is 25.0 Å². The van der Waals surface area contributed by atoms with Crippen LogP contribution in [0.15, 0.2) is 36.4 Å². The summed E-state index contributed by atoms with van der Waals surface area (Å²) in [6, 6.07) is 7.46. The van der Waals surface area contributed by atoms with Crippen LogP contribution in [0, 0.1) is 0 Å². The molecule has 0 aromatic heterocycles. The summed E-state index contributed by atoms with van der Waals surface area (Å²) >= 11 is 0. The SMILES string of the molecule is C=C(C)c1ccccc1C1=C(C)C(=O)NC1=O. The van der Waals surface area contributed by atoms with Crippen molar-refractivity contribution >= 4 is 23.0 Å². The van der Waals surface area contributed by atoms with Crippen LogP contribution in [-0.4, -0.2) is 11.8 Å². The number of hydrogen-bond donors (Lipinski definition) is 1. The maximum absolute atomic E-state index is 11.8. The van der Waals surface area contributed by atoms with E-state index in [0.29, 0.717) is 11.1 Å². The molecule has 1 aliphatic heterocycles. The van der Waals surface area contributed by atoms with Gasteiger partial charge in [0.2, 0.25) is 0 Å². The lowest BCUT2D eigenvalue weighted by Gasteiger charge is -2.09. The molecule has 0 radical (unpaired) electrons. The summed E-state index contributed by atoms with van der Waals surface area (Å²) in [6.45, 7) is 7.42. The fourth-order valence-electron chi connectivity index (χ4n) is 1.94. The third-order valence-electron chi connectivity index (χ3n) is 2.83. The maximum Gasteiger partial charge on any atom is 0.259 e. The number of nitrogens with one attached hydrogen (secondary N) is 1. The van der Waals surface area contributed by atoms with Gasteiger partial charge < -0.3 is 0 Å². The van der Waals surface area contributed by atoms with Gasteiger partial charge >= 0.3 is 0 Å². The highest BCUT2D eigenvalue weighted by atomic mass is 16.2. The van der Waals surface area contributed by atoms with Gasteiger partial charge in [0.25, 0.3) is 11.8 Å². The fraction of sp³-hybridized carbons (Fsp3) is 0.143. The number of carbonyl (C=O) groups excluding carboxylic acids is 2. The second kappa shape index (κ2) is 4.01. The van der Waals surface area contributed by atoms with E-state index in [1.165, 1.54) is 0 Å². The minimum Gasteiger partial charge on any atom is -0.288 e. The number of amides is 2. The van der Waals surface area contributed by atoms with Crippen LogP contribution in [0.3, 0.4) is 0 Å². The molecule has 0 spiro atoms. The minimum atomic E-state index is -0.332. The Labute approximate surface area is 99.8 Å². The van der Waals surface area contributed by atoms with Crippen LogP contribution in [0.4, 0.5) is 0 Å². The predicted octanol–water partition coefficient (Wildman–Crippen LogP) is 2.15. The molecule has 0 fully saturated rings. The Balaban J connectivity index is 2.66. The van der Waals surface area contributed by atoms with Crippen LogP contribution in [-0.2, 0) is 9.59 Å². The standard InChI is InChI=1S/C14H13NO2/c1-8(2)10-6-4-5-7-11(10)12-9(3)13(16)15-14(12)17/h4-7H,1H2,2-3H3,(H,15,16,17). The lowest BCUT2D eigenvalue weighted by Crippen LogP contribution is -2.22. The number of benzene rings is 1. The highest BCUT2D eigenvalue weighted by Crippen LogP contribution is 2.29. The number of rotatable bonds is 2. The Bertz CT molecular complexity index is 567. The first-order valence-corrected chi connectivity index (χ1v) is 5.34. The molecule has 1 N–H and O–H groups in total. The van der Waals surface area contributed by atoms with Gasteiger partial charge in [-0.3, -0.25) is 14.9 Å². The van der Waals surface area contributed by atoms with E-state index in [-0.39, 0.29) is 11.8 Å². The molecular weight excluding hydrogens is 214 g/mol. The number of carbonyl (C=O) groups is 2. The van der Waals surface area contributed by atoms with E-state index >= 15 is 0 Å². The summed E-state index contributed by atoms with van der Waals surface area (Å²) in [5.41, 5.74) is 3.44. The van der Waals surface area contributed by atoms with Crippen molar-refractivity contribution in [3.8, 4) is 0 Å². The highest BCUT2D eigenvalue weighted by Gasteiger charge is 2.29. The van der Waals surface area contributed by atoms with Gasteiger partial charge in [-0.2, -0.15) is 0 Å². The molecule has 1 aromatic carbocycles.